The fraction of sp³-hybridized carbons (Fsp3) is 0.136. The predicted octanol–water partition coefficient (Wildman–Crippen LogP) is 4.30. The molecule has 138 valence electrons. The average molecular weight is 370 g/mol. The van der Waals surface area contributed by atoms with E-state index in [2.05, 4.69) is 16.4 Å². The van der Waals surface area contributed by atoms with Gasteiger partial charge in [-0.15, -0.1) is 0 Å². The first-order chi connectivity index (χ1) is 13.7. The highest BCUT2D eigenvalue weighted by molar-refractivity contribution is 6.19. The zero-order chi connectivity index (χ0) is 19.1. The largest absolute Gasteiger partial charge is 0.338 e. The van der Waals surface area contributed by atoms with Crippen molar-refractivity contribution in [2.45, 2.75) is 18.8 Å². The van der Waals surface area contributed by atoms with Gasteiger partial charge in [-0.05, 0) is 54.7 Å². The number of aliphatic imine (C=N–C) groups is 1. The number of carbonyl (C=O) groups is 1. The van der Waals surface area contributed by atoms with E-state index in [4.69, 9.17) is 10.2 Å². The molecule has 3 N–H and O–H groups in total. The van der Waals surface area contributed by atoms with E-state index in [9.17, 15) is 4.79 Å². The highest BCUT2D eigenvalue weighted by Crippen LogP contribution is 2.45. The number of fused-ring (bicyclic) bond motifs is 2. The number of anilines is 2. The van der Waals surface area contributed by atoms with Crippen LogP contribution in [0, 0.1) is 0 Å². The van der Waals surface area contributed by atoms with Crippen molar-refractivity contribution >= 4 is 28.8 Å². The minimum atomic E-state index is -0.540. The van der Waals surface area contributed by atoms with Crippen molar-refractivity contribution in [2.24, 2.45) is 4.99 Å². The lowest BCUT2D eigenvalue weighted by molar-refractivity contribution is 0.0706. The Morgan fingerprint density at radius 3 is 2.61 bits per heavy atom. The first kappa shape index (κ1) is 16.6. The van der Waals surface area contributed by atoms with Gasteiger partial charge in [0.1, 0.15) is 5.82 Å². The maximum absolute atomic E-state index is 11.7. The molecule has 1 fully saturated rings. The molecule has 1 aliphatic carbocycles. The number of carbonyl (C=O) groups excluding carboxylic acids is 1. The van der Waals surface area contributed by atoms with Gasteiger partial charge in [-0.2, -0.15) is 0 Å². The quantitative estimate of drug-likeness (QED) is 0.371. The molecular weight excluding hydrogens is 352 g/mol. The van der Waals surface area contributed by atoms with E-state index in [1.807, 2.05) is 42.6 Å². The van der Waals surface area contributed by atoms with E-state index in [-0.39, 0.29) is 0 Å². The molecule has 0 radical (unpaired) electrons. The summed E-state index contributed by atoms with van der Waals surface area (Å²) in [7, 11) is 0. The number of hydrogen-bond donors (Lipinski definition) is 3. The molecule has 0 unspecified atom stereocenters. The summed E-state index contributed by atoms with van der Waals surface area (Å²) >= 11 is 0. The van der Waals surface area contributed by atoms with Gasteiger partial charge in [0, 0.05) is 22.9 Å². The number of hydroxylamine groups is 1. The Hall–Kier alpha value is -3.51. The zero-order valence-corrected chi connectivity index (χ0v) is 15.0. The summed E-state index contributed by atoms with van der Waals surface area (Å²) in [6, 6.07) is 17.0. The number of rotatable bonds is 3. The van der Waals surface area contributed by atoms with Gasteiger partial charge in [-0.25, -0.2) is 15.5 Å². The Morgan fingerprint density at radius 1 is 1.07 bits per heavy atom. The van der Waals surface area contributed by atoms with Crippen LogP contribution in [0.4, 0.5) is 17.2 Å². The van der Waals surface area contributed by atoms with Crippen LogP contribution in [0.3, 0.4) is 0 Å². The molecule has 1 aromatic heterocycles. The van der Waals surface area contributed by atoms with E-state index in [0.29, 0.717) is 11.5 Å². The second-order valence-corrected chi connectivity index (χ2v) is 7.02. The molecule has 0 atom stereocenters. The molecule has 0 spiro atoms. The average Bonchev–Trinajstić information content (AvgIpc) is 3.59. The van der Waals surface area contributed by atoms with Gasteiger partial charge in [-0.1, -0.05) is 24.3 Å². The first-order valence-corrected chi connectivity index (χ1v) is 9.23. The molecule has 5 rings (SSSR count). The van der Waals surface area contributed by atoms with Crippen LogP contribution in [-0.2, 0) is 0 Å². The second kappa shape index (κ2) is 6.58. The van der Waals surface area contributed by atoms with Crippen molar-refractivity contribution in [3.05, 3.63) is 83.0 Å². The predicted molar refractivity (Wildman–Crippen MR) is 107 cm³/mol. The van der Waals surface area contributed by atoms with Crippen LogP contribution in [0.25, 0.3) is 0 Å². The molecule has 2 aromatic carbocycles. The third-order valence-corrected chi connectivity index (χ3v) is 5.15. The molecule has 0 saturated heterocycles. The molecule has 0 bridgehead atoms. The number of nitrogens with zero attached hydrogens (tertiary/aromatic N) is 2. The second-order valence-electron chi connectivity index (χ2n) is 7.02. The van der Waals surface area contributed by atoms with Crippen molar-refractivity contribution in [3.8, 4) is 0 Å². The van der Waals surface area contributed by atoms with Crippen LogP contribution < -0.4 is 10.8 Å². The van der Waals surface area contributed by atoms with Gasteiger partial charge in [0.2, 0.25) is 0 Å². The van der Waals surface area contributed by atoms with Crippen molar-refractivity contribution in [2.75, 3.05) is 5.32 Å². The van der Waals surface area contributed by atoms with Gasteiger partial charge >= 0.3 is 0 Å². The van der Waals surface area contributed by atoms with E-state index < -0.39 is 5.91 Å². The lowest BCUT2D eigenvalue weighted by atomic mass is 9.95. The van der Waals surface area contributed by atoms with Crippen molar-refractivity contribution in [1.82, 2.24) is 10.5 Å². The highest BCUT2D eigenvalue weighted by Gasteiger charge is 2.31. The van der Waals surface area contributed by atoms with E-state index >= 15 is 0 Å². The van der Waals surface area contributed by atoms with Gasteiger partial charge in [0.05, 0.1) is 17.1 Å². The van der Waals surface area contributed by atoms with Crippen LogP contribution in [-0.4, -0.2) is 21.8 Å². The summed E-state index contributed by atoms with van der Waals surface area (Å²) in [6.45, 7) is 0. The zero-order valence-electron chi connectivity index (χ0n) is 15.0. The minimum absolute atomic E-state index is 0.382. The molecule has 3 aromatic rings. The molecule has 28 heavy (non-hydrogen) atoms. The number of hydrogen-bond acceptors (Lipinski definition) is 5. The third-order valence-electron chi connectivity index (χ3n) is 5.15. The summed E-state index contributed by atoms with van der Waals surface area (Å²) in [5.41, 5.74) is 7.79. The molecular formula is C22H18N4O2. The summed E-state index contributed by atoms with van der Waals surface area (Å²) in [4.78, 5) is 21.2. The number of benzene rings is 2. The number of pyridine rings is 1. The van der Waals surface area contributed by atoms with Crippen LogP contribution >= 0.6 is 0 Å². The minimum Gasteiger partial charge on any atom is -0.338 e. The fourth-order valence-electron chi connectivity index (χ4n) is 3.59. The summed E-state index contributed by atoms with van der Waals surface area (Å²) in [6.07, 6.45) is 4.19. The fourth-order valence-corrected chi connectivity index (χ4v) is 3.59. The first-order valence-electron chi connectivity index (χ1n) is 9.23. The summed E-state index contributed by atoms with van der Waals surface area (Å²) in [5, 5.41) is 12.3. The molecule has 1 aliphatic heterocycles. The topological polar surface area (TPSA) is 86.6 Å². The van der Waals surface area contributed by atoms with Gasteiger partial charge < -0.3 is 5.32 Å². The Kier molecular flexibility index (Phi) is 3.91. The van der Waals surface area contributed by atoms with Crippen LogP contribution in [0.5, 0.6) is 0 Å². The normalized spacial score (nSPS) is 14.8. The smallest absolute Gasteiger partial charge is 0.274 e. The van der Waals surface area contributed by atoms with Crippen LogP contribution in [0.1, 0.15) is 45.8 Å². The van der Waals surface area contributed by atoms with Crippen LogP contribution in [0.15, 0.2) is 65.8 Å². The monoisotopic (exact) mass is 370 g/mol. The highest BCUT2D eigenvalue weighted by atomic mass is 16.5. The van der Waals surface area contributed by atoms with Crippen molar-refractivity contribution < 1.29 is 10.0 Å². The third kappa shape index (κ3) is 2.84. The maximum Gasteiger partial charge on any atom is 0.274 e. The molecule has 2 heterocycles. The Labute approximate surface area is 161 Å². The molecule has 6 nitrogen and oxygen atoms in total. The van der Waals surface area contributed by atoms with E-state index in [1.54, 1.807) is 17.6 Å². The lowest BCUT2D eigenvalue weighted by Gasteiger charge is -2.14. The Morgan fingerprint density at radius 2 is 1.86 bits per heavy atom. The lowest BCUT2D eigenvalue weighted by Crippen LogP contribution is -2.18. The number of nitrogens with one attached hydrogen (secondary N) is 2. The van der Waals surface area contributed by atoms with E-state index in [1.165, 1.54) is 18.4 Å². The van der Waals surface area contributed by atoms with Crippen LogP contribution in [0.2, 0.25) is 0 Å². The SMILES string of the molecule is O=C(NO)c1ccc(C2=Nc3ccccc3Nc3nccc(C4CC4)c32)cc1. The van der Waals surface area contributed by atoms with Gasteiger partial charge in [0.15, 0.2) is 0 Å². The van der Waals surface area contributed by atoms with Gasteiger partial charge in [-0.3, -0.25) is 10.0 Å². The molecule has 2 aliphatic rings. The Bertz CT molecular complexity index is 1100. The number of aromatic nitrogens is 1. The van der Waals surface area contributed by atoms with Crippen molar-refractivity contribution in [3.63, 3.8) is 0 Å². The van der Waals surface area contributed by atoms with Crippen molar-refractivity contribution in [1.29, 1.82) is 0 Å². The van der Waals surface area contributed by atoms with Gasteiger partial charge in [0.25, 0.3) is 5.91 Å². The maximum atomic E-state index is 11.7. The number of para-hydroxylation sites is 2. The Balaban J connectivity index is 1.71. The molecule has 1 amide bonds. The standard InChI is InChI=1S/C22H18N4O2/c27-22(26-28)15-9-7-14(8-10-15)20-19-16(13-5-6-13)11-12-23-21(19)25-18-4-2-1-3-17(18)24-20/h1-4,7-13,28H,5-6H2,(H,23,25)(H,26,27). The summed E-state index contributed by atoms with van der Waals surface area (Å²) < 4.78 is 0. The number of amides is 1. The molecule has 6 heteroatoms. The van der Waals surface area contributed by atoms with E-state index in [0.717, 1.165) is 34.0 Å². The molecule has 1 saturated carbocycles. The summed E-state index contributed by atoms with van der Waals surface area (Å²) in [5.74, 6) is 0.789.